The Balaban J connectivity index is 4.62. The first kappa shape index (κ1) is 14.0. The average Bonchev–Trinajstić information content (AvgIpc) is 2.13. The van der Waals surface area contributed by atoms with Crippen LogP contribution in [0.1, 0.15) is 26.7 Å². The number of carboxylic acids is 2. The number of carbonyl (C=O) groups is 2. The quantitative estimate of drug-likeness (QED) is 0.740. The van der Waals surface area contributed by atoms with E-state index < -0.39 is 23.8 Å². The fraction of sp³-hybridized carbons (Fsp3) is 0.600. The molecule has 0 aliphatic heterocycles. The highest BCUT2D eigenvalue weighted by atomic mass is 35.5. The summed E-state index contributed by atoms with van der Waals surface area (Å²) >= 11 is 5.77. The van der Waals surface area contributed by atoms with Gasteiger partial charge in [-0.05, 0) is 12.8 Å². The lowest BCUT2D eigenvalue weighted by atomic mass is 9.91. The summed E-state index contributed by atoms with van der Waals surface area (Å²) in [6.45, 7) is 3.25. The smallest absolute Gasteiger partial charge is 0.307 e. The predicted molar refractivity (Wildman–Crippen MR) is 56.8 cm³/mol. The maximum absolute atomic E-state index is 10.8. The third kappa shape index (κ3) is 4.83. The molecule has 2 atom stereocenters. The van der Waals surface area contributed by atoms with E-state index >= 15 is 0 Å². The van der Waals surface area contributed by atoms with Gasteiger partial charge in [-0.15, -0.1) is 0 Å². The molecule has 0 rings (SSSR count). The molecule has 0 bridgehead atoms. The van der Waals surface area contributed by atoms with Crippen LogP contribution in [-0.4, -0.2) is 22.2 Å². The molecule has 0 aromatic rings. The third-order valence-corrected chi connectivity index (χ3v) is 2.46. The maximum atomic E-state index is 10.8. The summed E-state index contributed by atoms with van der Waals surface area (Å²) in [4.78, 5) is 21.5. The zero-order valence-electron chi connectivity index (χ0n) is 8.74. The Bertz CT molecular complexity index is 273. The lowest BCUT2D eigenvalue weighted by Crippen LogP contribution is -2.27. The molecule has 0 aromatic carbocycles. The molecular weight excluding hydrogens is 220 g/mol. The molecule has 15 heavy (non-hydrogen) atoms. The second-order valence-electron chi connectivity index (χ2n) is 3.34. The molecule has 0 aliphatic carbocycles. The maximum Gasteiger partial charge on any atom is 0.307 e. The van der Waals surface area contributed by atoms with Crippen LogP contribution in [-0.2, 0) is 9.59 Å². The van der Waals surface area contributed by atoms with Gasteiger partial charge in [0.05, 0.1) is 11.8 Å². The van der Waals surface area contributed by atoms with Crippen molar-refractivity contribution in [3.8, 4) is 0 Å². The molecule has 0 saturated carbocycles. The Morgan fingerprint density at radius 1 is 1.33 bits per heavy atom. The van der Waals surface area contributed by atoms with Crippen molar-refractivity contribution >= 4 is 23.5 Å². The summed E-state index contributed by atoms with van der Waals surface area (Å²) in [7, 11) is 0. The van der Waals surface area contributed by atoms with Gasteiger partial charge in [-0.2, -0.15) is 0 Å². The van der Waals surface area contributed by atoms with Crippen molar-refractivity contribution in [1.82, 2.24) is 0 Å². The molecule has 2 N–H and O–H groups in total. The molecule has 0 fully saturated rings. The van der Waals surface area contributed by atoms with Crippen molar-refractivity contribution in [2.75, 3.05) is 0 Å². The molecular formula is C10H15ClO4. The fourth-order valence-electron chi connectivity index (χ4n) is 1.16. The first-order valence-corrected chi connectivity index (χ1v) is 5.08. The first-order chi connectivity index (χ1) is 6.90. The molecule has 0 aliphatic rings. The van der Waals surface area contributed by atoms with Crippen LogP contribution in [0, 0.1) is 11.8 Å². The molecule has 0 radical (unpaired) electrons. The van der Waals surface area contributed by atoms with Gasteiger partial charge in [-0.3, -0.25) is 9.59 Å². The highest BCUT2D eigenvalue weighted by molar-refractivity contribution is 6.29. The van der Waals surface area contributed by atoms with Crippen molar-refractivity contribution in [2.45, 2.75) is 26.7 Å². The Labute approximate surface area is 93.5 Å². The Morgan fingerprint density at radius 3 is 2.20 bits per heavy atom. The summed E-state index contributed by atoms with van der Waals surface area (Å²) in [5, 5.41) is 18.0. The van der Waals surface area contributed by atoms with E-state index in [1.165, 1.54) is 6.92 Å². The highest BCUT2D eigenvalue weighted by Crippen LogP contribution is 2.23. The predicted octanol–water partition coefficient (Wildman–Crippen LogP) is 2.33. The largest absolute Gasteiger partial charge is 0.481 e. The number of aliphatic carboxylic acids is 2. The van der Waals surface area contributed by atoms with Crippen molar-refractivity contribution in [3.05, 3.63) is 11.1 Å². The van der Waals surface area contributed by atoms with Crippen LogP contribution in [0.3, 0.4) is 0 Å². The molecule has 2 unspecified atom stereocenters. The van der Waals surface area contributed by atoms with Crippen molar-refractivity contribution in [2.24, 2.45) is 11.8 Å². The SMILES string of the molecule is CC/C=C(/Cl)CC(C(=O)O)C(C)C(=O)O. The van der Waals surface area contributed by atoms with E-state index in [1.807, 2.05) is 6.92 Å². The minimum absolute atomic E-state index is 0.0677. The number of hydrogen-bond donors (Lipinski definition) is 2. The number of carboxylic acid groups (broad SMARTS) is 2. The summed E-state index contributed by atoms with van der Waals surface area (Å²) in [5.74, 6) is -4.17. The van der Waals surface area contributed by atoms with E-state index in [0.717, 1.165) is 0 Å². The average molecular weight is 235 g/mol. The number of allylic oxidation sites excluding steroid dienone is 2. The van der Waals surface area contributed by atoms with Gasteiger partial charge in [0.25, 0.3) is 0 Å². The van der Waals surface area contributed by atoms with Crippen molar-refractivity contribution < 1.29 is 19.8 Å². The van der Waals surface area contributed by atoms with Gasteiger partial charge in [0.1, 0.15) is 0 Å². The van der Waals surface area contributed by atoms with Gasteiger partial charge in [-0.1, -0.05) is 31.5 Å². The van der Waals surface area contributed by atoms with Gasteiger partial charge in [-0.25, -0.2) is 0 Å². The summed E-state index contributed by atoms with van der Waals surface area (Å²) in [5.41, 5.74) is 0. The van der Waals surface area contributed by atoms with E-state index in [9.17, 15) is 9.59 Å². The van der Waals surface area contributed by atoms with Crippen LogP contribution in [0.2, 0.25) is 0 Å². The first-order valence-electron chi connectivity index (χ1n) is 4.70. The molecule has 4 nitrogen and oxygen atoms in total. The molecule has 0 spiro atoms. The number of rotatable bonds is 6. The van der Waals surface area contributed by atoms with Gasteiger partial charge in [0, 0.05) is 5.03 Å². The number of hydrogen-bond acceptors (Lipinski definition) is 2. The highest BCUT2D eigenvalue weighted by Gasteiger charge is 2.30. The second-order valence-corrected chi connectivity index (χ2v) is 3.82. The Morgan fingerprint density at radius 2 is 1.87 bits per heavy atom. The molecule has 0 heterocycles. The molecule has 0 amide bonds. The van der Waals surface area contributed by atoms with Crippen molar-refractivity contribution in [1.29, 1.82) is 0 Å². The van der Waals surface area contributed by atoms with Gasteiger partial charge >= 0.3 is 11.9 Å². The van der Waals surface area contributed by atoms with E-state index in [-0.39, 0.29) is 6.42 Å². The van der Waals surface area contributed by atoms with Crippen molar-refractivity contribution in [3.63, 3.8) is 0 Å². The topological polar surface area (TPSA) is 74.6 Å². The van der Waals surface area contributed by atoms with Gasteiger partial charge in [0.2, 0.25) is 0 Å². The Kier molecular flexibility index (Phi) is 6.01. The third-order valence-electron chi connectivity index (χ3n) is 2.15. The van der Waals surface area contributed by atoms with E-state index in [2.05, 4.69) is 0 Å². The van der Waals surface area contributed by atoms with Gasteiger partial charge < -0.3 is 10.2 Å². The van der Waals surface area contributed by atoms with Crippen LogP contribution >= 0.6 is 11.6 Å². The van der Waals surface area contributed by atoms with E-state index in [4.69, 9.17) is 21.8 Å². The standard InChI is InChI=1S/C10H15ClO4/c1-3-4-7(11)5-8(10(14)15)6(2)9(12)13/h4,6,8H,3,5H2,1-2H3,(H,12,13)(H,14,15)/b7-4+. The molecule has 5 heteroatoms. The zero-order valence-corrected chi connectivity index (χ0v) is 9.49. The van der Waals surface area contributed by atoms with E-state index in [1.54, 1.807) is 6.08 Å². The monoisotopic (exact) mass is 234 g/mol. The fourth-order valence-corrected chi connectivity index (χ4v) is 1.49. The number of halogens is 1. The molecule has 0 saturated heterocycles. The van der Waals surface area contributed by atoms with Crippen LogP contribution in [0.15, 0.2) is 11.1 Å². The van der Waals surface area contributed by atoms with E-state index in [0.29, 0.717) is 11.5 Å². The molecule has 86 valence electrons. The van der Waals surface area contributed by atoms with Gasteiger partial charge in [0.15, 0.2) is 0 Å². The van der Waals surface area contributed by atoms with Crippen LogP contribution in [0.25, 0.3) is 0 Å². The normalized spacial score (nSPS) is 15.8. The second kappa shape index (κ2) is 6.45. The van der Waals surface area contributed by atoms with Crippen LogP contribution < -0.4 is 0 Å². The minimum Gasteiger partial charge on any atom is -0.481 e. The zero-order chi connectivity index (χ0) is 12.0. The Hall–Kier alpha value is -1.03. The summed E-state index contributed by atoms with van der Waals surface area (Å²) < 4.78 is 0. The lowest BCUT2D eigenvalue weighted by molar-refractivity contribution is -0.152. The lowest BCUT2D eigenvalue weighted by Gasteiger charge is -2.15. The van der Waals surface area contributed by atoms with Crippen LogP contribution in [0.5, 0.6) is 0 Å². The summed E-state index contributed by atoms with van der Waals surface area (Å²) in [6.07, 6.45) is 2.46. The molecule has 0 aromatic heterocycles. The summed E-state index contributed by atoms with van der Waals surface area (Å²) in [6, 6.07) is 0. The minimum atomic E-state index is -1.13. The van der Waals surface area contributed by atoms with Crippen LogP contribution in [0.4, 0.5) is 0 Å².